The lowest BCUT2D eigenvalue weighted by Crippen LogP contribution is -2.50. The normalized spacial score (nSPS) is 12.3. The second-order valence-corrected chi connectivity index (χ2v) is 11.7. The number of anilines is 1. The summed E-state index contributed by atoms with van der Waals surface area (Å²) in [6.07, 6.45) is 2.13. The predicted octanol–water partition coefficient (Wildman–Crippen LogP) is 4.49. The summed E-state index contributed by atoms with van der Waals surface area (Å²) in [4.78, 5) is 28.1. The molecule has 0 aliphatic rings. The first-order chi connectivity index (χ1) is 16.8. The highest BCUT2D eigenvalue weighted by molar-refractivity contribution is 7.92. The molecule has 2 aromatic carbocycles. The molecule has 0 heterocycles. The van der Waals surface area contributed by atoms with Crippen molar-refractivity contribution in [3.8, 4) is 0 Å². The molecule has 2 amide bonds. The number of amides is 2. The maximum Gasteiger partial charge on any atom is 0.243 e. The summed E-state index contributed by atoms with van der Waals surface area (Å²) < 4.78 is 26.5. The molecule has 0 unspecified atom stereocenters. The maximum absolute atomic E-state index is 13.5. The van der Waals surface area contributed by atoms with Crippen LogP contribution in [-0.2, 0) is 26.2 Å². The third-order valence-corrected chi connectivity index (χ3v) is 7.26. The van der Waals surface area contributed by atoms with Crippen molar-refractivity contribution < 1.29 is 18.0 Å². The van der Waals surface area contributed by atoms with Gasteiger partial charge in [-0.05, 0) is 81.8 Å². The third-order valence-electron chi connectivity index (χ3n) is 6.07. The molecule has 0 bridgehead atoms. The SMILES string of the molecule is CC[C@@H](C(=O)NC(C)C)N(Cc1ccccc1C)C(=O)CCCN(c1cc(C)cc(C)c1)S(C)(=O)=O. The van der Waals surface area contributed by atoms with E-state index in [1.807, 2.05) is 84.0 Å². The van der Waals surface area contributed by atoms with Gasteiger partial charge in [0, 0.05) is 25.6 Å². The molecule has 198 valence electrons. The molecule has 1 N–H and O–H groups in total. The highest BCUT2D eigenvalue weighted by Crippen LogP contribution is 2.23. The first-order valence-corrected chi connectivity index (χ1v) is 14.4. The molecule has 2 rings (SSSR count). The monoisotopic (exact) mass is 515 g/mol. The topological polar surface area (TPSA) is 86.8 Å². The molecule has 1 atom stereocenters. The Bertz CT molecular complexity index is 1140. The van der Waals surface area contributed by atoms with E-state index in [2.05, 4.69) is 5.32 Å². The molecule has 36 heavy (non-hydrogen) atoms. The van der Waals surface area contributed by atoms with Crippen molar-refractivity contribution in [2.75, 3.05) is 17.1 Å². The predicted molar refractivity (Wildman–Crippen MR) is 146 cm³/mol. The van der Waals surface area contributed by atoms with Crippen LogP contribution in [0.25, 0.3) is 0 Å². The van der Waals surface area contributed by atoms with Crippen LogP contribution in [0.2, 0.25) is 0 Å². The van der Waals surface area contributed by atoms with Crippen molar-refractivity contribution in [1.29, 1.82) is 0 Å². The molecule has 0 aliphatic heterocycles. The average Bonchev–Trinajstić information content (AvgIpc) is 2.75. The summed E-state index contributed by atoms with van der Waals surface area (Å²) in [7, 11) is -3.53. The zero-order chi connectivity index (χ0) is 27.0. The fraction of sp³-hybridized carbons (Fsp3) is 0.500. The summed E-state index contributed by atoms with van der Waals surface area (Å²) >= 11 is 0. The van der Waals surface area contributed by atoms with Crippen LogP contribution in [0.15, 0.2) is 42.5 Å². The van der Waals surface area contributed by atoms with Crippen molar-refractivity contribution in [3.63, 3.8) is 0 Å². The van der Waals surface area contributed by atoms with E-state index in [1.54, 1.807) is 4.90 Å². The third kappa shape index (κ3) is 8.36. The van der Waals surface area contributed by atoms with Gasteiger partial charge in [0.2, 0.25) is 21.8 Å². The van der Waals surface area contributed by atoms with E-state index in [0.29, 0.717) is 25.1 Å². The van der Waals surface area contributed by atoms with Gasteiger partial charge in [0.1, 0.15) is 6.04 Å². The Hall–Kier alpha value is -2.87. The van der Waals surface area contributed by atoms with Gasteiger partial charge in [-0.1, -0.05) is 37.3 Å². The first-order valence-electron chi connectivity index (χ1n) is 12.5. The minimum Gasteiger partial charge on any atom is -0.352 e. The lowest BCUT2D eigenvalue weighted by Gasteiger charge is -2.32. The molecule has 2 aromatic rings. The number of rotatable bonds is 12. The van der Waals surface area contributed by atoms with Crippen LogP contribution in [0, 0.1) is 20.8 Å². The van der Waals surface area contributed by atoms with Crippen molar-refractivity contribution in [3.05, 3.63) is 64.7 Å². The highest BCUT2D eigenvalue weighted by atomic mass is 32.2. The zero-order valence-corrected chi connectivity index (χ0v) is 23.5. The Balaban J connectivity index is 2.25. The van der Waals surface area contributed by atoms with Gasteiger partial charge in [-0.2, -0.15) is 0 Å². The van der Waals surface area contributed by atoms with Crippen molar-refractivity contribution in [2.45, 2.75) is 79.4 Å². The van der Waals surface area contributed by atoms with Crippen LogP contribution in [-0.4, -0.2) is 50.0 Å². The Kier molecular flexibility index (Phi) is 10.5. The summed E-state index contributed by atoms with van der Waals surface area (Å²) in [6.45, 7) is 12.0. The Labute approximate surface area is 216 Å². The van der Waals surface area contributed by atoms with Gasteiger partial charge in [0.15, 0.2) is 0 Å². The second kappa shape index (κ2) is 12.9. The van der Waals surface area contributed by atoms with Crippen LogP contribution in [0.3, 0.4) is 0 Å². The van der Waals surface area contributed by atoms with Gasteiger partial charge in [0.25, 0.3) is 0 Å². The van der Waals surface area contributed by atoms with E-state index >= 15 is 0 Å². The van der Waals surface area contributed by atoms with E-state index in [1.165, 1.54) is 10.6 Å². The molecule has 0 spiro atoms. The number of hydrogen-bond acceptors (Lipinski definition) is 4. The zero-order valence-electron chi connectivity index (χ0n) is 22.7. The minimum absolute atomic E-state index is 0.0388. The number of hydrogen-bond donors (Lipinski definition) is 1. The van der Waals surface area contributed by atoms with Crippen molar-refractivity contribution in [1.82, 2.24) is 10.2 Å². The molecule has 7 nitrogen and oxygen atoms in total. The summed E-state index contributed by atoms with van der Waals surface area (Å²) in [5, 5.41) is 2.94. The minimum atomic E-state index is -3.53. The number of carbonyl (C=O) groups is 2. The number of carbonyl (C=O) groups excluding carboxylic acids is 2. The molecular weight excluding hydrogens is 474 g/mol. The molecule has 0 aromatic heterocycles. The lowest BCUT2D eigenvalue weighted by molar-refractivity contribution is -0.141. The van der Waals surface area contributed by atoms with Crippen LogP contribution in [0.4, 0.5) is 5.69 Å². The molecule has 0 saturated carbocycles. The van der Waals surface area contributed by atoms with E-state index in [4.69, 9.17) is 0 Å². The Morgan fingerprint density at radius 2 is 1.61 bits per heavy atom. The quantitative estimate of drug-likeness (QED) is 0.451. The molecule has 0 radical (unpaired) electrons. The number of nitrogens with one attached hydrogen (secondary N) is 1. The van der Waals surface area contributed by atoms with Crippen LogP contribution in [0.5, 0.6) is 0 Å². The van der Waals surface area contributed by atoms with Gasteiger partial charge in [0.05, 0.1) is 11.9 Å². The molecule has 0 aliphatic carbocycles. The van der Waals surface area contributed by atoms with Crippen LogP contribution >= 0.6 is 0 Å². The van der Waals surface area contributed by atoms with E-state index < -0.39 is 16.1 Å². The molecule has 0 saturated heterocycles. The maximum atomic E-state index is 13.5. The average molecular weight is 516 g/mol. The standard InChI is InChI=1S/C28H41N3O4S/c1-8-26(28(33)29-20(2)3)30(19-24-13-10-9-12-23(24)6)27(32)14-11-15-31(36(7,34)35)25-17-21(4)16-22(5)18-25/h9-10,12-13,16-18,20,26H,8,11,14-15,19H2,1-7H3,(H,29,33)/t26-/m0/s1. The fourth-order valence-electron chi connectivity index (χ4n) is 4.37. The second-order valence-electron chi connectivity index (χ2n) is 9.82. The summed E-state index contributed by atoms with van der Waals surface area (Å²) in [5.41, 5.74) is 4.58. The van der Waals surface area contributed by atoms with Crippen molar-refractivity contribution in [2.24, 2.45) is 0 Å². The highest BCUT2D eigenvalue weighted by Gasteiger charge is 2.29. The number of sulfonamides is 1. The largest absolute Gasteiger partial charge is 0.352 e. The van der Waals surface area contributed by atoms with Gasteiger partial charge in [-0.25, -0.2) is 8.42 Å². The number of nitrogens with zero attached hydrogens (tertiary/aromatic N) is 2. The fourth-order valence-corrected chi connectivity index (χ4v) is 5.32. The number of benzene rings is 2. The van der Waals surface area contributed by atoms with Crippen LogP contribution < -0.4 is 9.62 Å². The summed E-state index contributed by atoms with van der Waals surface area (Å²) in [5.74, 6) is -0.347. The van der Waals surface area contributed by atoms with Gasteiger partial charge in [-0.15, -0.1) is 0 Å². The van der Waals surface area contributed by atoms with E-state index in [-0.39, 0.29) is 30.8 Å². The first kappa shape index (κ1) is 29.4. The van der Waals surface area contributed by atoms with Gasteiger partial charge < -0.3 is 10.2 Å². The molecular formula is C28H41N3O4S. The van der Waals surface area contributed by atoms with E-state index in [9.17, 15) is 18.0 Å². The number of aryl methyl sites for hydroxylation is 3. The van der Waals surface area contributed by atoms with Crippen LogP contribution in [0.1, 0.15) is 62.3 Å². The molecule has 0 fully saturated rings. The lowest BCUT2D eigenvalue weighted by atomic mass is 10.0. The van der Waals surface area contributed by atoms with E-state index in [0.717, 1.165) is 22.3 Å². The Morgan fingerprint density at radius 1 is 1.00 bits per heavy atom. The van der Waals surface area contributed by atoms with Gasteiger partial charge in [-0.3, -0.25) is 13.9 Å². The smallest absolute Gasteiger partial charge is 0.243 e. The van der Waals surface area contributed by atoms with Crippen molar-refractivity contribution >= 4 is 27.5 Å². The molecule has 8 heteroatoms. The van der Waals surface area contributed by atoms with Gasteiger partial charge >= 0.3 is 0 Å². The summed E-state index contributed by atoms with van der Waals surface area (Å²) in [6, 6.07) is 12.8. The Morgan fingerprint density at radius 3 is 2.14 bits per heavy atom.